The first-order valence-electron chi connectivity index (χ1n) is 11.4. The van der Waals surface area contributed by atoms with E-state index in [1.165, 1.54) is 43.5 Å². The summed E-state index contributed by atoms with van der Waals surface area (Å²) < 4.78 is 12.8. The summed E-state index contributed by atoms with van der Waals surface area (Å²) in [5.74, 6) is 2.20. The van der Waals surface area contributed by atoms with Crippen LogP contribution in [0.15, 0.2) is 24.3 Å². The predicted molar refractivity (Wildman–Crippen MR) is 112 cm³/mol. The second-order valence-electron chi connectivity index (χ2n) is 9.66. The zero-order valence-corrected chi connectivity index (χ0v) is 17.3. The Bertz CT molecular complexity index is 834. The average molecular weight is 397 g/mol. The molecule has 156 valence electrons. The van der Waals surface area contributed by atoms with Crippen molar-refractivity contribution >= 4 is 0 Å². The van der Waals surface area contributed by atoms with Gasteiger partial charge in [0.05, 0.1) is 0 Å². The molecule has 0 aromatic heterocycles. The van der Waals surface area contributed by atoms with Crippen LogP contribution in [0.4, 0.5) is 0 Å². The standard InChI is InChI=1S/C24H32N2O3/c1-25-12-9-24-17-6-7-19(27)23(24)29-22-20(8-5-16(21(22)24)15-18(17)25)28-14-13-26-10-3-2-4-11-26/h5-8,17-19,23,27H,2-4,9-15H2,1H3/t17-,18+,19-,23-,24-/m0/s1. The molecule has 5 aliphatic rings. The van der Waals surface area contributed by atoms with Gasteiger partial charge < -0.3 is 19.5 Å². The molecule has 6 rings (SSSR count). The molecule has 29 heavy (non-hydrogen) atoms. The zero-order chi connectivity index (χ0) is 19.6. The average Bonchev–Trinajstić information content (AvgIpc) is 3.09. The normalized spacial score (nSPS) is 37.9. The van der Waals surface area contributed by atoms with Gasteiger partial charge in [-0.15, -0.1) is 0 Å². The fourth-order valence-electron chi connectivity index (χ4n) is 6.81. The Morgan fingerprint density at radius 2 is 2.03 bits per heavy atom. The van der Waals surface area contributed by atoms with E-state index in [0.717, 1.165) is 37.4 Å². The van der Waals surface area contributed by atoms with Gasteiger partial charge in [0, 0.05) is 29.5 Å². The van der Waals surface area contributed by atoms with Gasteiger partial charge in [-0.2, -0.15) is 0 Å². The van der Waals surface area contributed by atoms with Crippen LogP contribution in [0.5, 0.6) is 11.5 Å². The van der Waals surface area contributed by atoms with Crippen molar-refractivity contribution in [3.8, 4) is 11.5 Å². The third-order valence-electron chi connectivity index (χ3n) is 8.25. The molecule has 2 saturated heterocycles. The molecule has 1 spiro atoms. The zero-order valence-electron chi connectivity index (χ0n) is 17.3. The Hall–Kier alpha value is -1.56. The van der Waals surface area contributed by atoms with Crippen LogP contribution in [0.2, 0.25) is 0 Å². The van der Waals surface area contributed by atoms with E-state index in [9.17, 15) is 5.11 Å². The van der Waals surface area contributed by atoms with Gasteiger partial charge >= 0.3 is 0 Å². The van der Waals surface area contributed by atoms with Gasteiger partial charge in [0.1, 0.15) is 18.8 Å². The van der Waals surface area contributed by atoms with Crippen molar-refractivity contribution in [2.75, 3.05) is 39.8 Å². The van der Waals surface area contributed by atoms with Crippen LogP contribution in [-0.2, 0) is 11.8 Å². The molecule has 0 unspecified atom stereocenters. The molecular weight excluding hydrogens is 364 g/mol. The van der Waals surface area contributed by atoms with Crippen molar-refractivity contribution in [2.45, 2.75) is 55.8 Å². The summed E-state index contributed by atoms with van der Waals surface area (Å²) in [5, 5.41) is 10.8. The Morgan fingerprint density at radius 1 is 1.17 bits per heavy atom. The van der Waals surface area contributed by atoms with Crippen LogP contribution in [0.3, 0.4) is 0 Å². The van der Waals surface area contributed by atoms with E-state index in [4.69, 9.17) is 9.47 Å². The third-order valence-corrected chi connectivity index (χ3v) is 8.25. The Morgan fingerprint density at radius 3 is 2.90 bits per heavy atom. The summed E-state index contributed by atoms with van der Waals surface area (Å²) in [6.45, 7) is 5.11. The lowest BCUT2D eigenvalue weighted by molar-refractivity contribution is -0.0454. The number of nitrogens with zero attached hydrogens (tertiary/aromatic N) is 2. The Labute approximate surface area is 173 Å². The highest BCUT2D eigenvalue weighted by Crippen LogP contribution is 2.62. The number of hydrogen-bond acceptors (Lipinski definition) is 5. The van der Waals surface area contributed by atoms with E-state index in [0.29, 0.717) is 18.6 Å². The van der Waals surface area contributed by atoms with E-state index in [1.807, 2.05) is 6.08 Å². The highest BCUT2D eigenvalue weighted by atomic mass is 16.5. The SMILES string of the molecule is CN1CC[C@]23c4c5ccc(OCCN6CCCCC6)c4O[C@H]2[C@@H](O)C=C[C@H]3[C@H]1C5. The van der Waals surface area contributed by atoms with Crippen molar-refractivity contribution in [2.24, 2.45) is 5.92 Å². The maximum atomic E-state index is 10.8. The first-order chi connectivity index (χ1) is 14.2. The molecule has 1 aromatic carbocycles. The number of aliphatic hydroxyl groups excluding tert-OH is 1. The van der Waals surface area contributed by atoms with Crippen LogP contribution < -0.4 is 9.47 Å². The number of piperidine rings is 2. The van der Waals surface area contributed by atoms with Crippen molar-refractivity contribution in [3.63, 3.8) is 0 Å². The summed E-state index contributed by atoms with van der Waals surface area (Å²) in [4.78, 5) is 5.00. The Balaban J connectivity index is 1.33. The minimum absolute atomic E-state index is 0.0967. The van der Waals surface area contributed by atoms with E-state index in [1.54, 1.807) is 0 Å². The quantitative estimate of drug-likeness (QED) is 0.792. The van der Waals surface area contributed by atoms with Crippen molar-refractivity contribution in [3.05, 3.63) is 35.4 Å². The number of likely N-dealkylation sites (tertiary alicyclic amines) is 2. The van der Waals surface area contributed by atoms with Gasteiger partial charge in [-0.3, -0.25) is 4.90 Å². The fourth-order valence-corrected chi connectivity index (χ4v) is 6.81. The molecule has 3 heterocycles. The van der Waals surface area contributed by atoms with Crippen molar-refractivity contribution < 1.29 is 14.6 Å². The lowest BCUT2D eigenvalue weighted by Gasteiger charge is -2.56. The van der Waals surface area contributed by atoms with Crippen LogP contribution in [0.1, 0.15) is 36.8 Å². The van der Waals surface area contributed by atoms with Crippen LogP contribution in [0, 0.1) is 5.92 Å². The summed E-state index contributed by atoms with van der Waals surface area (Å²) in [5.41, 5.74) is 2.64. The lowest BCUT2D eigenvalue weighted by Crippen LogP contribution is -2.64. The third kappa shape index (κ3) is 2.57. The molecule has 2 bridgehead atoms. The second kappa shape index (κ2) is 6.73. The first-order valence-corrected chi connectivity index (χ1v) is 11.4. The smallest absolute Gasteiger partial charge is 0.165 e. The van der Waals surface area contributed by atoms with Gasteiger partial charge in [0.2, 0.25) is 0 Å². The van der Waals surface area contributed by atoms with Crippen LogP contribution in [0.25, 0.3) is 0 Å². The van der Waals surface area contributed by atoms with Gasteiger partial charge in [0.15, 0.2) is 11.5 Å². The fraction of sp³-hybridized carbons (Fsp3) is 0.667. The molecular formula is C24H32N2O3. The molecule has 0 amide bonds. The highest BCUT2D eigenvalue weighted by molar-refractivity contribution is 5.62. The molecule has 3 aliphatic heterocycles. The number of benzene rings is 1. The van der Waals surface area contributed by atoms with Crippen molar-refractivity contribution in [1.82, 2.24) is 9.80 Å². The van der Waals surface area contributed by atoms with Gasteiger partial charge in [-0.05, 0) is 64.0 Å². The number of ether oxygens (including phenoxy) is 2. The lowest BCUT2D eigenvalue weighted by atomic mass is 9.53. The van der Waals surface area contributed by atoms with E-state index < -0.39 is 6.10 Å². The van der Waals surface area contributed by atoms with Gasteiger partial charge in [0.25, 0.3) is 0 Å². The van der Waals surface area contributed by atoms with E-state index >= 15 is 0 Å². The summed E-state index contributed by atoms with van der Waals surface area (Å²) in [7, 11) is 2.24. The summed E-state index contributed by atoms with van der Waals surface area (Å²) in [6.07, 6.45) is 9.56. The molecule has 5 atom stereocenters. The summed E-state index contributed by atoms with van der Waals surface area (Å²) in [6, 6.07) is 4.85. The molecule has 1 N–H and O–H groups in total. The van der Waals surface area contributed by atoms with Crippen LogP contribution in [-0.4, -0.2) is 73.0 Å². The maximum absolute atomic E-state index is 10.8. The Kier molecular flexibility index (Phi) is 4.23. The first kappa shape index (κ1) is 18.2. The monoisotopic (exact) mass is 396 g/mol. The molecule has 0 saturated carbocycles. The molecule has 2 aliphatic carbocycles. The predicted octanol–water partition coefficient (Wildman–Crippen LogP) is 2.36. The number of likely N-dealkylation sites (N-methyl/N-ethyl adjacent to an activating group) is 1. The van der Waals surface area contributed by atoms with E-state index in [-0.39, 0.29) is 11.5 Å². The largest absolute Gasteiger partial charge is 0.488 e. The van der Waals surface area contributed by atoms with Gasteiger partial charge in [-0.25, -0.2) is 0 Å². The maximum Gasteiger partial charge on any atom is 0.165 e. The second-order valence-corrected chi connectivity index (χ2v) is 9.66. The van der Waals surface area contributed by atoms with Crippen LogP contribution >= 0.6 is 0 Å². The number of rotatable bonds is 4. The number of hydrogen-bond donors (Lipinski definition) is 1. The number of aliphatic hydroxyl groups is 1. The minimum Gasteiger partial charge on any atom is -0.488 e. The topological polar surface area (TPSA) is 45.2 Å². The molecule has 1 aromatic rings. The molecule has 5 heteroatoms. The van der Waals surface area contributed by atoms with Crippen molar-refractivity contribution in [1.29, 1.82) is 0 Å². The molecule has 2 fully saturated rings. The minimum atomic E-state index is -0.546. The van der Waals surface area contributed by atoms with E-state index in [2.05, 4.69) is 35.1 Å². The molecule has 0 radical (unpaired) electrons. The highest BCUT2D eigenvalue weighted by Gasteiger charge is 2.64. The summed E-state index contributed by atoms with van der Waals surface area (Å²) >= 11 is 0. The molecule has 5 nitrogen and oxygen atoms in total. The van der Waals surface area contributed by atoms with Gasteiger partial charge in [-0.1, -0.05) is 24.6 Å².